The molecule has 0 spiro atoms. The summed E-state index contributed by atoms with van der Waals surface area (Å²) in [6.07, 6.45) is -1.07. The first-order valence-corrected chi connectivity index (χ1v) is 8.50. The highest BCUT2D eigenvalue weighted by Gasteiger charge is 2.28. The molecule has 136 valence electrons. The Hall–Kier alpha value is -1.88. The van der Waals surface area contributed by atoms with Crippen LogP contribution in [0, 0.1) is 5.82 Å². The fourth-order valence-corrected chi connectivity index (χ4v) is 2.78. The number of hydrogen-bond acceptors (Lipinski definition) is 4. The number of halogens is 2. The molecule has 1 aromatic carbocycles. The van der Waals surface area contributed by atoms with Gasteiger partial charge in [-0.3, -0.25) is 9.59 Å². The summed E-state index contributed by atoms with van der Waals surface area (Å²) < 4.78 is 16.1. The van der Waals surface area contributed by atoms with Crippen LogP contribution in [0.2, 0.25) is 0 Å². The Balaban J connectivity index is 2.33. The fraction of sp³-hybridized carbons (Fsp3) is 0.375. The predicted octanol–water partition coefficient (Wildman–Crippen LogP) is 1.66. The average Bonchev–Trinajstić information content (AvgIpc) is 2.96. The average molecular weight is 462 g/mol. The van der Waals surface area contributed by atoms with Crippen LogP contribution in [-0.2, 0) is 4.79 Å². The van der Waals surface area contributed by atoms with E-state index < -0.39 is 29.8 Å². The van der Waals surface area contributed by atoms with E-state index >= 15 is 0 Å². The van der Waals surface area contributed by atoms with Crippen LogP contribution in [-0.4, -0.2) is 60.1 Å². The molecule has 3 N–H and O–H groups in total. The van der Waals surface area contributed by atoms with Crippen LogP contribution >= 0.6 is 22.9 Å². The molecule has 0 aliphatic heterocycles. The van der Waals surface area contributed by atoms with Gasteiger partial charge in [-0.15, -0.1) is 0 Å². The molecule has 1 aromatic heterocycles. The van der Waals surface area contributed by atoms with Gasteiger partial charge in [0.1, 0.15) is 11.7 Å². The van der Waals surface area contributed by atoms with Crippen LogP contribution in [0.1, 0.15) is 17.4 Å². The maximum Gasteiger partial charge on any atom is 0.268 e. The minimum Gasteiger partial charge on any atom is -0.391 e. The number of amides is 2. The summed E-state index contributed by atoms with van der Waals surface area (Å²) in [5, 5.41) is 12.5. The number of carbonyl (C=O) groups excluding carboxylic acids is 2. The number of benzene rings is 1. The van der Waals surface area contributed by atoms with Crippen molar-refractivity contribution in [1.29, 1.82) is 0 Å². The van der Waals surface area contributed by atoms with Crippen LogP contribution in [0.15, 0.2) is 18.2 Å². The Morgan fingerprint density at radius 2 is 1.96 bits per heavy atom. The minimum absolute atomic E-state index is 0.111. The Bertz CT molecular complexity index is 804. The second-order valence-electron chi connectivity index (χ2n) is 5.94. The van der Waals surface area contributed by atoms with E-state index in [0.29, 0.717) is 11.2 Å². The number of anilines is 1. The van der Waals surface area contributed by atoms with Gasteiger partial charge in [0, 0.05) is 32.0 Å². The number of rotatable bonds is 5. The smallest absolute Gasteiger partial charge is 0.268 e. The molecule has 0 aliphatic rings. The van der Waals surface area contributed by atoms with Crippen molar-refractivity contribution < 1.29 is 19.1 Å². The van der Waals surface area contributed by atoms with Crippen LogP contribution in [0.4, 0.5) is 10.1 Å². The highest BCUT2D eigenvalue weighted by atomic mass is 127. The van der Waals surface area contributed by atoms with Gasteiger partial charge in [-0.05, 0) is 25.1 Å². The Morgan fingerprint density at radius 1 is 1.32 bits per heavy atom. The predicted molar refractivity (Wildman–Crippen MR) is 102 cm³/mol. The number of aromatic amines is 1. The van der Waals surface area contributed by atoms with E-state index in [-0.39, 0.29) is 11.1 Å². The lowest BCUT2D eigenvalue weighted by Gasteiger charge is -2.23. The quantitative estimate of drug-likeness (QED) is 0.466. The first-order valence-electron chi connectivity index (χ1n) is 7.54. The lowest BCUT2D eigenvalue weighted by atomic mass is 10.1. The van der Waals surface area contributed by atoms with Crippen molar-refractivity contribution in [2.45, 2.75) is 19.1 Å². The third-order valence-corrected chi connectivity index (χ3v) is 4.29. The Labute approximate surface area is 158 Å². The van der Waals surface area contributed by atoms with Gasteiger partial charge in [0.25, 0.3) is 5.91 Å². The van der Waals surface area contributed by atoms with Crippen LogP contribution in [0.5, 0.6) is 0 Å². The molecule has 2 aromatic rings. The SMILES string of the molecule is C[C@@H](O)[C@H](NC(=O)c1cc2c(F)c(N(C)I)ccc2[nH]1)C(=O)N(C)C. The number of likely N-dealkylation sites (N-methyl/N-ethyl adjacent to an activating group) is 1. The van der Waals surface area contributed by atoms with Crippen molar-refractivity contribution in [3.63, 3.8) is 0 Å². The lowest BCUT2D eigenvalue weighted by Crippen LogP contribution is -2.52. The van der Waals surface area contributed by atoms with E-state index in [9.17, 15) is 19.1 Å². The summed E-state index contributed by atoms with van der Waals surface area (Å²) in [4.78, 5) is 28.6. The number of H-pyrrole nitrogens is 1. The molecule has 0 unspecified atom stereocenters. The monoisotopic (exact) mass is 462 g/mol. The molecule has 25 heavy (non-hydrogen) atoms. The number of hydrogen-bond donors (Lipinski definition) is 3. The summed E-state index contributed by atoms with van der Waals surface area (Å²) in [6.45, 7) is 1.42. The molecule has 0 fully saturated rings. The molecule has 7 nitrogen and oxygen atoms in total. The van der Waals surface area contributed by atoms with E-state index in [1.807, 2.05) is 22.9 Å². The first kappa shape index (κ1) is 19.4. The van der Waals surface area contributed by atoms with Gasteiger partial charge in [0.2, 0.25) is 5.91 Å². The maximum atomic E-state index is 14.5. The highest BCUT2D eigenvalue weighted by Crippen LogP contribution is 2.28. The van der Waals surface area contributed by atoms with Crippen molar-refractivity contribution in [3.8, 4) is 0 Å². The molecule has 0 radical (unpaired) electrons. The molecule has 0 saturated carbocycles. The van der Waals surface area contributed by atoms with E-state index in [0.717, 1.165) is 0 Å². The molecular formula is C16H20FIN4O3. The summed E-state index contributed by atoms with van der Waals surface area (Å²) in [7, 11) is 4.78. The molecule has 0 aliphatic carbocycles. The zero-order valence-electron chi connectivity index (χ0n) is 14.3. The number of fused-ring (bicyclic) bond motifs is 1. The largest absolute Gasteiger partial charge is 0.391 e. The van der Waals surface area contributed by atoms with Crippen LogP contribution in [0.25, 0.3) is 10.9 Å². The van der Waals surface area contributed by atoms with Gasteiger partial charge in [0.05, 0.1) is 34.7 Å². The van der Waals surface area contributed by atoms with Gasteiger partial charge < -0.3 is 23.4 Å². The third-order valence-electron chi connectivity index (χ3n) is 3.77. The highest BCUT2D eigenvalue weighted by molar-refractivity contribution is 14.1. The van der Waals surface area contributed by atoms with Gasteiger partial charge in [-0.2, -0.15) is 0 Å². The molecule has 9 heteroatoms. The molecule has 2 amide bonds. The lowest BCUT2D eigenvalue weighted by molar-refractivity contribution is -0.133. The maximum absolute atomic E-state index is 14.5. The molecule has 2 atom stereocenters. The summed E-state index contributed by atoms with van der Waals surface area (Å²) in [5.41, 5.74) is 0.972. The van der Waals surface area contributed by atoms with E-state index in [2.05, 4.69) is 10.3 Å². The Morgan fingerprint density at radius 3 is 2.48 bits per heavy atom. The number of aliphatic hydroxyl groups excluding tert-OH is 1. The van der Waals surface area contributed by atoms with E-state index in [1.165, 1.54) is 32.0 Å². The standard InChI is InChI=1S/C16H20FIN4O3/c1-8(23)14(16(25)21(2)3)20-15(24)11-7-9-10(19-11)5-6-12(13(9)17)22(4)18/h5-8,14,19,23H,1-4H3,(H,20,24)/t8-,14+/m1/s1. The summed E-state index contributed by atoms with van der Waals surface area (Å²) >= 11 is 1.96. The molecule has 1 heterocycles. The fourth-order valence-electron chi connectivity index (χ4n) is 2.40. The van der Waals surface area contributed by atoms with Gasteiger partial charge >= 0.3 is 0 Å². The number of nitrogens with one attached hydrogen (secondary N) is 2. The summed E-state index contributed by atoms with van der Waals surface area (Å²) in [5.74, 6) is -1.47. The molecular weight excluding hydrogens is 442 g/mol. The normalized spacial score (nSPS) is 13.4. The van der Waals surface area contributed by atoms with Crippen molar-refractivity contribution in [2.75, 3.05) is 24.3 Å². The topological polar surface area (TPSA) is 88.7 Å². The second-order valence-corrected chi connectivity index (χ2v) is 7.39. The number of nitrogens with zero attached hydrogens (tertiary/aromatic N) is 2. The first-order chi connectivity index (χ1) is 11.6. The molecule has 2 rings (SSSR count). The Kier molecular flexibility index (Phi) is 5.88. The van der Waals surface area contributed by atoms with Crippen molar-refractivity contribution in [2.24, 2.45) is 0 Å². The second kappa shape index (κ2) is 7.56. The third kappa shape index (κ3) is 4.03. The van der Waals surface area contributed by atoms with Gasteiger partial charge in [0.15, 0.2) is 5.82 Å². The number of aliphatic hydroxyl groups is 1. The molecule has 0 bridgehead atoms. The van der Waals surface area contributed by atoms with Gasteiger partial charge in [-0.25, -0.2) is 4.39 Å². The van der Waals surface area contributed by atoms with Crippen molar-refractivity contribution >= 4 is 51.3 Å². The molecule has 0 saturated heterocycles. The zero-order chi connectivity index (χ0) is 18.9. The van der Waals surface area contributed by atoms with Crippen molar-refractivity contribution in [3.05, 3.63) is 29.7 Å². The minimum atomic E-state index is -1.09. The van der Waals surface area contributed by atoms with Crippen LogP contribution in [0.3, 0.4) is 0 Å². The van der Waals surface area contributed by atoms with Crippen LogP contribution < -0.4 is 8.43 Å². The van der Waals surface area contributed by atoms with E-state index in [1.54, 1.807) is 22.3 Å². The number of aromatic nitrogens is 1. The van der Waals surface area contributed by atoms with Crippen molar-refractivity contribution in [1.82, 2.24) is 15.2 Å². The zero-order valence-corrected chi connectivity index (χ0v) is 16.5. The number of carbonyl (C=O) groups is 2. The van der Waals surface area contributed by atoms with E-state index in [4.69, 9.17) is 0 Å². The van der Waals surface area contributed by atoms with Gasteiger partial charge in [-0.1, -0.05) is 0 Å². The summed E-state index contributed by atoms with van der Waals surface area (Å²) in [6, 6.07) is 3.59.